The molecule has 0 saturated heterocycles. The van der Waals surface area contributed by atoms with Crippen molar-refractivity contribution < 1.29 is 27.5 Å². The van der Waals surface area contributed by atoms with Crippen molar-refractivity contribution in [2.75, 3.05) is 34.7 Å². The topological polar surface area (TPSA) is 63.2 Å². The molecule has 0 rings (SSSR count). The Morgan fingerprint density at radius 2 is 1.54 bits per heavy atom. The minimum atomic E-state index is -2.82. The van der Waals surface area contributed by atoms with E-state index in [0.717, 1.165) is 0 Å². The first-order valence-electron chi connectivity index (χ1n) is 3.50. The van der Waals surface area contributed by atoms with Crippen LogP contribution in [-0.2, 0) is 22.8 Å². The van der Waals surface area contributed by atoms with Gasteiger partial charge in [0.2, 0.25) is 0 Å². The largest absolute Gasteiger partial charge is 0.540 e. The van der Waals surface area contributed by atoms with Crippen LogP contribution in [0.25, 0.3) is 0 Å². The van der Waals surface area contributed by atoms with E-state index >= 15 is 0 Å². The number of carbonyl (C=O) groups excluding carboxylic acids is 1. The molecule has 78 valence electrons. The molecular formula is C6H14O6Si. The zero-order valence-corrected chi connectivity index (χ0v) is 9.16. The number of carbonyl (C=O) groups is 1. The van der Waals surface area contributed by atoms with Gasteiger partial charge < -0.3 is 22.8 Å². The molecule has 0 amide bonds. The standard InChI is InChI=1S/C6H14O6Si/c1-8-6(7)12-5-13(9-2,10-3)11-4/h5H2,1-4H3. The second-order valence-corrected chi connectivity index (χ2v) is 4.92. The van der Waals surface area contributed by atoms with Gasteiger partial charge in [-0.05, 0) is 0 Å². The molecular weight excluding hydrogens is 196 g/mol. The normalized spacial score (nSPS) is 11.1. The second kappa shape index (κ2) is 5.92. The molecule has 0 N–H and O–H groups in total. The molecule has 0 atom stereocenters. The molecule has 0 bridgehead atoms. The van der Waals surface area contributed by atoms with Crippen molar-refractivity contribution in [3.05, 3.63) is 0 Å². The lowest BCUT2D eigenvalue weighted by Crippen LogP contribution is -2.48. The molecule has 0 saturated carbocycles. The van der Waals surface area contributed by atoms with Gasteiger partial charge in [0.1, 0.15) is 0 Å². The van der Waals surface area contributed by atoms with Crippen LogP contribution in [0.4, 0.5) is 4.79 Å². The predicted molar refractivity (Wildman–Crippen MR) is 45.1 cm³/mol. The predicted octanol–water partition coefficient (Wildman–Crippen LogP) is 0.187. The number of rotatable bonds is 5. The summed E-state index contributed by atoms with van der Waals surface area (Å²) in [4.78, 5) is 10.6. The highest BCUT2D eigenvalue weighted by atomic mass is 28.4. The smallest absolute Gasteiger partial charge is 0.438 e. The molecule has 0 radical (unpaired) electrons. The summed E-state index contributed by atoms with van der Waals surface area (Å²) in [6.45, 7) is 0. The number of ether oxygens (including phenoxy) is 2. The van der Waals surface area contributed by atoms with Crippen molar-refractivity contribution in [2.45, 2.75) is 0 Å². The van der Waals surface area contributed by atoms with E-state index in [1.807, 2.05) is 0 Å². The lowest BCUT2D eigenvalue weighted by Gasteiger charge is -2.23. The first kappa shape index (κ1) is 12.4. The zero-order chi connectivity index (χ0) is 10.3. The number of methoxy groups -OCH3 is 1. The maximum atomic E-state index is 10.6. The Labute approximate surface area is 78.0 Å². The van der Waals surface area contributed by atoms with Crippen molar-refractivity contribution in [3.8, 4) is 0 Å². The Balaban J connectivity index is 4.02. The van der Waals surface area contributed by atoms with E-state index in [-0.39, 0.29) is 6.23 Å². The van der Waals surface area contributed by atoms with Crippen LogP contribution in [-0.4, -0.2) is 49.6 Å². The van der Waals surface area contributed by atoms with Crippen LogP contribution in [0.15, 0.2) is 0 Å². The monoisotopic (exact) mass is 210 g/mol. The fourth-order valence-corrected chi connectivity index (χ4v) is 1.78. The lowest BCUT2D eigenvalue weighted by atomic mass is 11.3. The SMILES string of the molecule is COC(=O)OC[Si](OC)(OC)OC. The van der Waals surface area contributed by atoms with Crippen LogP contribution in [0.5, 0.6) is 0 Å². The van der Waals surface area contributed by atoms with Gasteiger partial charge in [0.05, 0.1) is 7.11 Å². The Bertz CT molecular complexity index is 149. The maximum absolute atomic E-state index is 10.6. The summed E-state index contributed by atoms with van der Waals surface area (Å²) in [5.74, 6) is 0. The van der Waals surface area contributed by atoms with Crippen LogP contribution in [0, 0.1) is 0 Å². The van der Waals surface area contributed by atoms with Crippen LogP contribution in [0.2, 0.25) is 0 Å². The van der Waals surface area contributed by atoms with Crippen LogP contribution < -0.4 is 0 Å². The highest BCUT2D eigenvalue weighted by Crippen LogP contribution is 2.06. The average Bonchev–Trinajstić information content (AvgIpc) is 2.20. The molecule has 0 unspecified atom stereocenters. The Hall–Kier alpha value is -0.633. The molecule has 0 aromatic carbocycles. The summed E-state index contributed by atoms with van der Waals surface area (Å²) in [7, 11) is 2.69. The van der Waals surface area contributed by atoms with Crippen LogP contribution >= 0.6 is 0 Å². The molecule has 0 aliphatic rings. The summed E-state index contributed by atoms with van der Waals surface area (Å²) >= 11 is 0. The van der Waals surface area contributed by atoms with E-state index in [9.17, 15) is 4.79 Å². The van der Waals surface area contributed by atoms with Crippen molar-refractivity contribution >= 4 is 15.0 Å². The molecule has 0 heterocycles. The van der Waals surface area contributed by atoms with E-state index in [4.69, 9.17) is 13.3 Å². The van der Waals surface area contributed by atoms with E-state index in [2.05, 4.69) is 9.47 Å². The highest BCUT2D eigenvalue weighted by Gasteiger charge is 2.40. The Morgan fingerprint density at radius 3 is 1.85 bits per heavy atom. The van der Waals surface area contributed by atoms with Crippen molar-refractivity contribution in [1.82, 2.24) is 0 Å². The molecule has 0 aromatic rings. The number of hydrogen-bond donors (Lipinski definition) is 0. The van der Waals surface area contributed by atoms with E-state index in [0.29, 0.717) is 0 Å². The third-order valence-electron chi connectivity index (χ3n) is 1.47. The number of hydrogen-bond acceptors (Lipinski definition) is 6. The molecule has 0 spiro atoms. The van der Waals surface area contributed by atoms with Gasteiger partial charge in [-0.1, -0.05) is 0 Å². The van der Waals surface area contributed by atoms with Crippen LogP contribution in [0.1, 0.15) is 0 Å². The lowest BCUT2D eigenvalue weighted by molar-refractivity contribution is 0.0493. The summed E-state index contributed by atoms with van der Waals surface area (Å²) in [6, 6.07) is 0. The van der Waals surface area contributed by atoms with Gasteiger partial charge >= 0.3 is 15.0 Å². The molecule has 13 heavy (non-hydrogen) atoms. The van der Waals surface area contributed by atoms with E-state index in [1.54, 1.807) is 0 Å². The maximum Gasteiger partial charge on any atom is 0.540 e. The minimum absolute atomic E-state index is 0.0663. The van der Waals surface area contributed by atoms with Gasteiger partial charge in [-0.2, -0.15) is 0 Å². The van der Waals surface area contributed by atoms with Crippen LogP contribution in [0.3, 0.4) is 0 Å². The quantitative estimate of drug-likeness (QED) is 0.476. The van der Waals surface area contributed by atoms with Gasteiger partial charge in [0, 0.05) is 21.3 Å². The van der Waals surface area contributed by atoms with Gasteiger partial charge in [0.15, 0.2) is 6.23 Å². The van der Waals surface area contributed by atoms with Gasteiger partial charge in [-0.15, -0.1) is 0 Å². The fraction of sp³-hybridized carbons (Fsp3) is 0.833. The summed E-state index contributed by atoms with van der Waals surface area (Å²) in [5, 5.41) is 0. The van der Waals surface area contributed by atoms with Gasteiger partial charge in [-0.25, -0.2) is 4.79 Å². The fourth-order valence-electron chi connectivity index (χ4n) is 0.633. The zero-order valence-electron chi connectivity index (χ0n) is 8.16. The third kappa shape index (κ3) is 3.72. The van der Waals surface area contributed by atoms with Gasteiger partial charge in [0.25, 0.3) is 0 Å². The first-order valence-corrected chi connectivity index (χ1v) is 5.43. The van der Waals surface area contributed by atoms with Crippen molar-refractivity contribution in [2.24, 2.45) is 0 Å². The van der Waals surface area contributed by atoms with E-state index in [1.165, 1.54) is 28.4 Å². The molecule has 0 aromatic heterocycles. The summed E-state index contributed by atoms with van der Waals surface area (Å²) in [6.07, 6.45) is -0.855. The third-order valence-corrected chi connectivity index (χ3v) is 3.83. The first-order chi connectivity index (χ1) is 6.14. The summed E-state index contributed by atoms with van der Waals surface area (Å²) < 4.78 is 23.9. The minimum Gasteiger partial charge on any atom is -0.438 e. The molecule has 0 aliphatic carbocycles. The molecule has 0 fully saturated rings. The summed E-state index contributed by atoms with van der Waals surface area (Å²) in [5.41, 5.74) is 0. The van der Waals surface area contributed by atoms with Crippen molar-refractivity contribution in [3.63, 3.8) is 0 Å². The Kier molecular flexibility index (Phi) is 5.63. The molecule has 7 heteroatoms. The van der Waals surface area contributed by atoms with Gasteiger partial charge in [-0.3, -0.25) is 0 Å². The highest BCUT2D eigenvalue weighted by molar-refractivity contribution is 6.60. The molecule has 6 nitrogen and oxygen atoms in total. The van der Waals surface area contributed by atoms with Crippen molar-refractivity contribution in [1.29, 1.82) is 0 Å². The second-order valence-electron chi connectivity index (χ2n) is 2.04. The van der Waals surface area contributed by atoms with E-state index < -0.39 is 15.0 Å². The molecule has 0 aliphatic heterocycles. The average molecular weight is 210 g/mol. The Morgan fingerprint density at radius 1 is 1.08 bits per heavy atom.